The van der Waals surface area contributed by atoms with Crippen molar-refractivity contribution in [3.63, 3.8) is 0 Å². The quantitative estimate of drug-likeness (QED) is 0.504. The maximum Gasteiger partial charge on any atom is 0.407 e. The Labute approximate surface area is 99.9 Å². The van der Waals surface area contributed by atoms with E-state index in [1.54, 1.807) is 13.0 Å². The summed E-state index contributed by atoms with van der Waals surface area (Å²) >= 11 is 0. The van der Waals surface area contributed by atoms with Crippen LogP contribution in [0.5, 0.6) is 0 Å². The first-order chi connectivity index (χ1) is 8.01. The van der Waals surface area contributed by atoms with Crippen molar-refractivity contribution in [2.24, 2.45) is 0 Å². The molecule has 4 unspecified atom stereocenters. The number of hydrogen-bond donors (Lipinski definition) is 4. The van der Waals surface area contributed by atoms with Gasteiger partial charge in [0.15, 0.2) is 0 Å². The van der Waals surface area contributed by atoms with Crippen molar-refractivity contribution in [3.8, 4) is 0 Å². The van der Waals surface area contributed by atoms with Gasteiger partial charge in [0.2, 0.25) is 0 Å². The van der Waals surface area contributed by atoms with Crippen LogP contribution in [0.3, 0.4) is 0 Å². The van der Waals surface area contributed by atoms with E-state index in [1.165, 1.54) is 0 Å². The summed E-state index contributed by atoms with van der Waals surface area (Å²) < 4.78 is 4.69. The van der Waals surface area contributed by atoms with E-state index in [4.69, 9.17) is 0 Å². The second-order valence-electron chi connectivity index (χ2n) is 3.91. The lowest BCUT2D eigenvalue weighted by Crippen LogP contribution is -2.54. The Morgan fingerprint density at radius 3 is 2.53 bits per heavy atom. The molecule has 17 heavy (non-hydrogen) atoms. The van der Waals surface area contributed by atoms with Crippen LogP contribution in [0.25, 0.3) is 0 Å². The number of ether oxygens (including phenoxy) is 1. The van der Waals surface area contributed by atoms with Gasteiger partial charge in [0.25, 0.3) is 0 Å². The van der Waals surface area contributed by atoms with Crippen LogP contribution in [0.4, 0.5) is 4.79 Å². The third-order valence-corrected chi connectivity index (χ3v) is 2.78. The molecule has 1 rings (SSSR count). The van der Waals surface area contributed by atoms with Crippen molar-refractivity contribution in [3.05, 3.63) is 11.6 Å². The highest BCUT2D eigenvalue weighted by Gasteiger charge is 2.37. The molecule has 6 nitrogen and oxygen atoms in total. The van der Waals surface area contributed by atoms with Crippen LogP contribution in [-0.2, 0) is 4.74 Å². The van der Waals surface area contributed by atoms with Crippen molar-refractivity contribution >= 4 is 6.09 Å². The zero-order chi connectivity index (χ0) is 13.0. The zero-order valence-corrected chi connectivity index (χ0v) is 9.96. The number of alkyl carbamates (subject to hydrolysis) is 1. The summed E-state index contributed by atoms with van der Waals surface area (Å²) in [5, 5.41) is 31.4. The molecule has 6 heteroatoms. The average Bonchev–Trinajstić information content (AvgIpc) is 2.30. The molecule has 0 aromatic rings. The van der Waals surface area contributed by atoms with E-state index < -0.39 is 30.4 Å². The second-order valence-corrected chi connectivity index (χ2v) is 3.91. The van der Waals surface area contributed by atoms with Gasteiger partial charge in [0, 0.05) is 0 Å². The summed E-state index contributed by atoms with van der Waals surface area (Å²) in [6.07, 6.45) is -2.21. The first kappa shape index (κ1) is 14.0. The van der Waals surface area contributed by atoms with E-state index >= 15 is 0 Å². The Kier molecular flexibility index (Phi) is 4.92. The Hall–Kier alpha value is -1.11. The van der Waals surface area contributed by atoms with E-state index in [9.17, 15) is 20.1 Å². The number of aliphatic hydroxyl groups excluding tert-OH is 3. The fourth-order valence-electron chi connectivity index (χ4n) is 1.81. The van der Waals surface area contributed by atoms with E-state index in [2.05, 4.69) is 10.1 Å². The molecule has 0 saturated carbocycles. The Balaban J connectivity index is 2.76. The predicted molar refractivity (Wildman–Crippen MR) is 60.3 cm³/mol. The first-order valence-corrected chi connectivity index (χ1v) is 5.69. The van der Waals surface area contributed by atoms with Crippen molar-refractivity contribution in [2.45, 2.75) is 44.6 Å². The van der Waals surface area contributed by atoms with Crippen molar-refractivity contribution in [1.82, 2.24) is 5.32 Å². The molecule has 1 aliphatic carbocycles. The Morgan fingerprint density at radius 2 is 2.00 bits per heavy atom. The van der Waals surface area contributed by atoms with Gasteiger partial charge in [-0.1, -0.05) is 13.0 Å². The smallest absolute Gasteiger partial charge is 0.407 e. The summed E-state index contributed by atoms with van der Waals surface area (Å²) in [6, 6.07) is -0.748. The average molecular weight is 245 g/mol. The van der Waals surface area contributed by atoms with Crippen molar-refractivity contribution in [2.75, 3.05) is 6.61 Å². The van der Waals surface area contributed by atoms with Gasteiger partial charge < -0.3 is 25.4 Å². The molecule has 4 atom stereocenters. The largest absolute Gasteiger partial charge is 0.450 e. The lowest BCUT2D eigenvalue weighted by atomic mass is 9.87. The molecule has 0 aromatic carbocycles. The molecule has 98 valence electrons. The van der Waals surface area contributed by atoms with Crippen LogP contribution in [0, 0.1) is 0 Å². The minimum absolute atomic E-state index is 0.226. The molecule has 0 radical (unpaired) electrons. The predicted octanol–water partition coefficient (Wildman–Crippen LogP) is -0.466. The number of nitrogens with one attached hydrogen (secondary N) is 1. The van der Waals surface area contributed by atoms with Gasteiger partial charge in [-0.3, -0.25) is 0 Å². The second kappa shape index (κ2) is 6.00. The molecular formula is C11H19NO5. The van der Waals surface area contributed by atoms with Crippen LogP contribution in [-0.4, -0.2) is 52.4 Å². The van der Waals surface area contributed by atoms with Gasteiger partial charge >= 0.3 is 6.09 Å². The van der Waals surface area contributed by atoms with Gasteiger partial charge in [-0.15, -0.1) is 0 Å². The lowest BCUT2D eigenvalue weighted by Gasteiger charge is -2.34. The third-order valence-electron chi connectivity index (χ3n) is 2.78. The van der Waals surface area contributed by atoms with Gasteiger partial charge in [-0.25, -0.2) is 4.79 Å². The van der Waals surface area contributed by atoms with Crippen LogP contribution in [0.15, 0.2) is 11.6 Å². The monoisotopic (exact) mass is 245 g/mol. The number of carbonyl (C=O) groups excluding carboxylic acids is 1. The SMILES string of the molecule is CCOC(=O)NC1C=C(CC)C(O)C(O)C1O. The van der Waals surface area contributed by atoms with Gasteiger partial charge in [-0.2, -0.15) is 0 Å². The van der Waals surface area contributed by atoms with Gasteiger partial charge in [-0.05, 0) is 18.9 Å². The van der Waals surface area contributed by atoms with Crippen LogP contribution in [0.1, 0.15) is 20.3 Å². The zero-order valence-electron chi connectivity index (χ0n) is 9.96. The molecule has 1 amide bonds. The van der Waals surface area contributed by atoms with Crippen molar-refractivity contribution in [1.29, 1.82) is 0 Å². The summed E-state index contributed by atoms with van der Waals surface area (Å²) in [5.74, 6) is 0. The lowest BCUT2D eigenvalue weighted by molar-refractivity contribution is -0.0616. The standard InChI is InChI=1S/C11H19NO5/c1-3-6-5-7(12-11(16)17-4-2)9(14)10(15)8(6)13/h5,7-10,13-15H,3-4H2,1-2H3,(H,12,16). The molecule has 0 saturated heterocycles. The number of carbonyl (C=O) groups is 1. The molecular weight excluding hydrogens is 226 g/mol. The topological polar surface area (TPSA) is 99.0 Å². The fraction of sp³-hybridized carbons (Fsp3) is 0.727. The van der Waals surface area contributed by atoms with E-state index in [0.717, 1.165) is 0 Å². The van der Waals surface area contributed by atoms with E-state index in [0.29, 0.717) is 12.0 Å². The summed E-state index contributed by atoms with van der Waals surface area (Å²) in [6.45, 7) is 3.72. The maximum atomic E-state index is 11.2. The van der Waals surface area contributed by atoms with Crippen LogP contribution < -0.4 is 5.32 Å². The summed E-state index contributed by atoms with van der Waals surface area (Å²) in [4.78, 5) is 11.2. The maximum absolute atomic E-state index is 11.2. The molecule has 4 N–H and O–H groups in total. The minimum Gasteiger partial charge on any atom is -0.450 e. The highest BCUT2D eigenvalue weighted by Crippen LogP contribution is 2.22. The fourth-order valence-corrected chi connectivity index (χ4v) is 1.81. The van der Waals surface area contributed by atoms with Crippen molar-refractivity contribution < 1.29 is 24.9 Å². The number of aliphatic hydroxyl groups is 3. The summed E-state index contributed by atoms with van der Waals surface area (Å²) in [5.41, 5.74) is 0.588. The van der Waals surface area contributed by atoms with Gasteiger partial charge in [0.1, 0.15) is 18.3 Å². The van der Waals surface area contributed by atoms with Crippen LogP contribution >= 0.6 is 0 Å². The first-order valence-electron chi connectivity index (χ1n) is 5.69. The summed E-state index contributed by atoms with van der Waals surface area (Å²) in [7, 11) is 0. The molecule has 0 fully saturated rings. The van der Waals surface area contributed by atoms with Crippen LogP contribution in [0.2, 0.25) is 0 Å². The molecule has 1 aliphatic rings. The van der Waals surface area contributed by atoms with E-state index in [1.807, 2.05) is 6.92 Å². The third kappa shape index (κ3) is 3.18. The molecule has 0 bridgehead atoms. The molecule has 0 aliphatic heterocycles. The molecule has 0 aromatic heterocycles. The number of amides is 1. The Bertz CT molecular complexity index is 304. The Morgan fingerprint density at radius 1 is 1.35 bits per heavy atom. The number of hydrogen-bond acceptors (Lipinski definition) is 5. The number of rotatable bonds is 3. The molecule has 0 spiro atoms. The normalized spacial score (nSPS) is 32.9. The van der Waals surface area contributed by atoms with Gasteiger partial charge in [0.05, 0.1) is 12.6 Å². The minimum atomic E-state index is -1.30. The highest BCUT2D eigenvalue weighted by atomic mass is 16.5. The highest BCUT2D eigenvalue weighted by molar-refractivity contribution is 5.68. The molecule has 0 heterocycles. The van der Waals surface area contributed by atoms with E-state index in [-0.39, 0.29) is 6.61 Å².